The highest BCUT2D eigenvalue weighted by Gasteiger charge is 2.16. The van der Waals surface area contributed by atoms with Crippen LogP contribution in [-0.4, -0.2) is 28.0 Å². The molecule has 5 nitrogen and oxygen atoms in total. The number of aromatic nitrogens is 3. The summed E-state index contributed by atoms with van der Waals surface area (Å²) in [6.07, 6.45) is 4.58. The molecule has 5 heteroatoms. The minimum Gasteiger partial charge on any atom is -0.464 e. The molecule has 0 fully saturated rings. The molecular weight excluding hydrogens is 206 g/mol. The molecule has 0 saturated heterocycles. The smallest absolute Gasteiger partial charge is 0.359 e. The lowest BCUT2D eigenvalue weighted by Gasteiger charge is -2.04. The Morgan fingerprint density at radius 1 is 1.12 bits per heavy atom. The predicted molar refractivity (Wildman–Crippen MR) is 56.6 cm³/mol. The zero-order valence-electron chi connectivity index (χ0n) is 8.62. The lowest BCUT2D eigenvalue weighted by atomic mass is 10.2. The molecular formula is C11H9N3O2. The number of methoxy groups -OCH3 is 1. The molecule has 0 saturated carbocycles. The maximum absolute atomic E-state index is 11.5. The average molecular weight is 215 g/mol. The van der Waals surface area contributed by atoms with Crippen molar-refractivity contribution in [2.45, 2.75) is 0 Å². The molecule has 0 spiro atoms. The second-order valence-corrected chi connectivity index (χ2v) is 2.96. The van der Waals surface area contributed by atoms with Gasteiger partial charge in [0, 0.05) is 18.6 Å². The van der Waals surface area contributed by atoms with Crippen molar-refractivity contribution in [1.29, 1.82) is 0 Å². The minimum atomic E-state index is -0.520. The Kier molecular flexibility index (Phi) is 2.86. The van der Waals surface area contributed by atoms with E-state index in [0.717, 1.165) is 0 Å². The summed E-state index contributed by atoms with van der Waals surface area (Å²) in [6.45, 7) is 0. The van der Waals surface area contributed by atoms with Crippen LogP contribution in [0.2, 0.25) is 0 Å². The third-order valence-corrected chi connectivity index (χ3v) is 1.98. The molecule has 0 amide bonds. The van der Waals surface area contributed by atoms with Gasteiger partial charge in [-0.15, -0.1) is 0 Å². The summed E-state index contributed by atoms with van der Waals surface area (Å²) >= 11 is 0. The van der Waals surface area contributed by atoms with E-state index in [2.05, 4.69) is 19.7 Å². The highest BCUT2D eigenvalue weighted by Crippen LogP contribution is 2.16. The summed E-state index contributed by atoms with van der Waals surface area (Å²) in [6, 6.07) is 5.37. The fourth-order valence-corrected chi connectivity index (χ4v) is 1.27. The van der Waals surface area contributed by atoms with Crippen LogP contribution in [0.15, 0.2) is 36.8 Å². The van der Waals surface area contributed by atoms with Crippen LogP contribution in [0.4, 0.5) is 0 Å². The Morgan fingerprint density at radius 3 is 2.62 bits per heavy atom. The van der Waals surface area contributed by atoms with Gasteiger partial charge in [-0.25, -0.2) is 9.78 Å². The summed E-state index contributed by atoms with van der Waals surface area (Å²) in [7, 11) is 1.30. The zero-order chi connectivity index (χ0) is 11.4. The number of carbonyl (C=O) groups is 1. The number of hydrogen-bond acceptors (Lipinski definition) is 5. The van der Waals surface area contributed by atoms with E-state index in [1.807, 2.05) is 6.07 Å². The highest BCUT2D eigenvalue weighted by molar-refractivity contribution is 5.93. The molecule has 0 aliphatic heterocycles. The van der Waals surface area contributed by atoms with Crippen molar-refractivity contribution in [2.24, 2.45) is 0 Å². The lowest BCUT2D eigenvalue weighted by molar-refractivity contribution is 0.0594. The molecule has 2 rings (SSSR count). The third kappa shape index (κ3) is 1.88. The molecule has 0 aromatic carbocycles. The largest absolute Gasteiger partial charge is 0.464 e. The average Bonchev–Trinajstić information content (AvgIpc) is 2.39. The number of hydrogen-bond donors (Lipinski definition) is 0. The molecule has 2 aromatic heterocycles. The van der Waals surface area contributed by atoms with Crippen LogP contribution in [-0.2, 0) is 4.74 Å². The van der Waals surface area contributed by atoms with Crippen LogP contribution in [0.1, 0.15) is 10.5 Å². The number of esters is 1. The van der Waals surface area contributed by atoms with Crippen molar-refractivity contribution in [3.05, 3.63) is 42.5 Å². The quantitative estimate of drug-likeness (QED) is 0.707. The first-order chi connectivity index (χ1) is 7.83. The summed E-state index contributed by atoms with van der Waals surface area (Å²) in [5.74, 6) is -0.520. The van der Waals surface area contributed by atoms with Gasteiger partial charge in [-0.3, -0.25) is 9.97 Å². The van der Waals surface area contributed by atoms with Crippen molar-refractivity contribution in [3.8, 4) is 11.4 Å². The van der Waals surface area contributed by atoms with Crippen LogP contribution in [0.25, 0.3) is 11.4 Å². The first-order valence-electron chi connectivity index (χ1n) is 4.63. The molecule has 0 radical (unpaired) electrons. The Morgan fingerprint density at radius 2 is 1.94 bits per heavy atom. The first-order valence-corrected chi connectivity index (χ1v) is 4.63. The molecule has 0 atom stereocenters. The van der Waals surface area contributed by atoms with Crippen molar-refractivity contribution < 1.29 is 9.53 Å². The fourth-order valence-electron chi connectivity index (χ4n) is 1.27. The molecule has 80 valence electrons. The third-order valence-electron chi connectivity index (χ3n) is 1.98. The summed E-state index contributed by atoms with van der Waals surface area (Å²) in [5.41, 5.74) is 1.19. The van der Waals surface area contributed by atoms with E-state index in [0.29, 0.717) is 11.4 Å². The maximum atomic E-state index is 11.5. The monoisotopic (exact) mass is 215 g/mol. The van der Waals surface area contributed by atoms with Gasteiger partial charge in [0.25, 0.3) is 0 Å². The second kappa shape index (κ2) is 4.48. The van der Waals surface area contributed by atoms with Crippen LogP contribution in [0.3, 0.4) is 0 Å². The van der Waals surface area contributed by atoms with Gasteiger partial charge >= 0.3 is 5.97 Å². The van der Waals surface area contributed by atoms with Crippen molar-refractivity contribution in [2.75, 3.05) is 7.11 Å². The Balaban J connectivity index is 2.53. The molecule has 0 bridgehead atoms. The van der Waals surface area contributed by atoms with Crippen molar-refractivity contribution in [3.63, 3.8) is 0 Å². The van der Waals surface area contributed by atoms with Gasteiger partial charge in [0.1, 0.15) is 5.69 Å². The highest BCUT2D eigenvalue weighted by atomic mass is 16.5. The summed E-state index contributed by atoms with van der Waals surface area (Å²) in [4.78, 5) is 23.6. The van der Waals surface area contributed by atoms with E-state index in [4.69, 9.17) is 0 Å². The van der Waals surface area contributed by atoms with E-state index in [-0.39, 0.29) is 5.69 Å². The predicted octanol–water partition coefficient (Wildman–Crippen LogP) is 1.33. The number of ether oxygens (including phenoxy) is 1. The topological polar surface area (TPSA) is 65.0 Å². The molecule has 16 heavy (non-hydrogen) atoms. The Hall–Kier alpha value is -2.30. The van der Waals surface area contributed by atoms with E-state index in [1.165, 1.54) is 19.5 Å². The van der Waals surface area contributed by atoms with E-state index < -0.39 is 5.97 Å². The molecule has 2 heterocycles. The van der Waals surface area contributed by atoms with Gasteiger partial charge in [-0.05, 0) is 12.1 Å². The summed E-state index contributed by atoms with van der Waals surface area (Å²) in [5, 5.41) is 0. The van der Waals surface area contributed by atoms with Gasteiger partial charge in [-0.2, -0.15) is 0 Å². The molecule has 0 aliphatic rings. The van der Waals surface area contributed by atoms with E-state index in [9.17, 15) is 4.79 Å². The number of nitrogens with zero attached hydrogens (tertiary/aromatic N) is 3. The second-order valence-electron chi connectivity index (χ2n) is 2.96. The molecule has 0 N–H and O–H groups in total. The van der Waals surface area contributed by atoms with Gasteiger partial charge in [-0.1, -0.05) is 6.07 Å². The lowest BCUT2D eigenvalue weighted by Crippen LogP contribution is -2.08. The summed E-state index contributed by atoms with van der Waals surface area (Å²) < 4.78 is 4.63. The molecule has 2 aromatic rings. The standard InChI is InChI=1S/C11H9N3O2/c1-16-11(15)10-9(13-6-7-14-10)8-4-2-3-5-12-8/h2-7H,1H3. The van der Waals surface area contributed by atoms with Crippen LogP contribution in [0.5, 0.6) is 0 Å². The Bertz CT molecular complexity index is 500. The van der Waals surface area contributed by atoms with Gasteiger partial charge in [0.15, 0.2) is 5.69 Å². The number of rotatable bonds is 2. The van der Waals surface area contributed by atoms with Crippen LogP contribution < -0.4 is 0 Å². The number of carbonyl (C=O) groups excluding carboxylic acids is 1. The molecule has 0 aliphatic carbocycles. The SMILES string of the molecule is COC(=O)c1nccnc1-c1ccccn1. The maximum Gasteiger partial charge on any atom is 0.359 e. The van der Waals surface area contributed by atoms with E-state index in [1.54, 1.807) is 18.3 Å². The minimum absolute atomic E-state index is 0.170. The van der Waals surface area contributed by atoms with Gasteiger partial charge in [0.05, 0.1) is 12.8 Å². The van der Waals surface area contributed by atoms with Crippen molar-refractivity contribution >= 4 is 5.97 Å². The van der Waals surface area contributed by atoms with Crippen molar-refractivity contribution in [1.82, 2.24) is 15.0 Å². The van der Waals surface area contributed by atoms with Gasteiger partial charge < -0.3 is 4.74 Å². The van der Waals surface area contributed by atoms with Crippen LogP contribution in [0, 0.1) is 0 Å². The molecule has 0 unspecified atom stereocenters. The van der Waals surface area contributed by atoms with Gasteiger partial charge in [0.2, 0.25) is 0 Å². The zero-order valence-corrected chi connectivity index (χ0v) is 8.62. The Labute approximate surface area is 92.2 Å². The first kappa shape index (κ1) is 10.2. The fraction of sp³-hybridized carbons (Fsp3) is 0.0909. The number of pyridine rings is 1. The van der Waals surface area contributed by atoms with Crippen LogP contribution >= 0.6 is 0 Å². The van der Waals surface area contributed by atoms with E-state index >= 15 is 0 Å². The normalized spacial score (nSPS) is 9.81.